The van der Waals surface area contributed by atoms with Gasteiger partial charge in [0.2, 0.25) is 0 Å². The lowest BCUT2D eigenvalue weighted by Crippen LogP contribution is -2.39. The van der Waals surface area contributed by atoms with E-state index in [-0.39, 0.29) is 34.8 Å². The van der Waals surface area contributed by atoms with Gasteiger partial charge in [0, 0.05) is 25.3 Å². The lowest BCUT2D eigenvalue weighted by atomic mass is 9.85. The number of nitrogens with one attached hydrogen (secondary N) is 2. The van der Waals surface area contributed by atoms with E-state index in [9.17, 15) is 18.4 Å². The van der Waals surface area contributed by atoms with Gasteiger partial charge < -0.3 is 15.7 Å². The van der Waals surface area contributed by atoms with Crippen molar-refractivity contribution in [2.24, 2.45) is 5.92 Å². The molecule has 1 saturated carbocycles. The number of hydrogen-bond acceptors (Lipinski definition) is 6. The minimum Gasteiger partial charge on any atom is -0.395 e. The van der Waals surface area contributed by atoms with E-state index in [4.69, 9.17) is 16.7 Å². The van der Waals surface area contributed by atoms with Crippen LogP contribution in [0.3, 0.4) is 0 Å². The van der Waals surface area contributed by atoms with Gasteiger partial charge in [0.1, 0.15) is 11.5 Å². The average molecular weight is 571 g/mol. The summed E-state index contributed by atoms with van der Waals surface area (Å²) in [4.78, 5) is 34.4. The standard InChI is InChI=1S/C28H29ClF2N6O3/c29-18-13-21(25(26(30)31)34-14-18)27(39)35-19-7-5-17(6-8-19)16-36-22-3-1-2-4-23(22)37(28(36)40)20-9-10-24(33-15-20)32-11-12-38/h1-4,9-10,13-15,17,19,26,38H,5-8,11-12,16H2,(H,32,33)(H,35,39)/t17-,19-. The second kappa shape index (κ2) is 12.1. The summed E-state index contributed by atoms with van der Waals surface area (Å²) in [6.07, 6.45) is 2.69. The highest BCUT2D eigenvalue weighted by Gasteiger charge is 2.27. The molecule has 0 aliphatic heterocycles. The summed E-state index contributed by atoms with van der Waals surface area (Å²) in [5.74, 6) is 0.201. The molecule has 1 fully saturated rings. The van der Waals surface area contributed by atoms with Crippen LogP contribution in [0.5, 0.6) is 0 Å². The number of para-hydroxylation sites is 2. The smallest absolute Gasteiger partial charge is 0.333 e. The molecular formula is C28H29ClF2N6O3. The maximum Gasteiger partial charge on any atom is 0.333 e. The number of aliphatic hydroxyl groups is 1. The molecule has 0 spiro atoms. The van der Waals surface area contributed by atoms with Crippen molar-refractivity contribution in [1.29, 1.82) is 0 Å². The van der Waals surface area contributed by atoms with Crippen molar-refractivity contribution in [1.82, 2.24) is 24.4 Å². The van der Waals surface area contributed by atoms with Gasteiger partial charge in [-0.1, -0.05) is 23.7 Å². The molecule has 0 bridgehead atoms. The number of carbonyl (C=O) groups excluding carboxylic acids is 1. The first-order valence-electron chi connectivity index (χ1n) is 13.1. The van der Waals surface area contributed by atoms with Crippen LogP contribution in [0.2, 0.25) is 5.02 Å². The fourth-order valence-corrected chi connectivity index (χ4v) is 5.42. The summed E-state index contributed by atoms with van der Waals surface area (Å²) in [7, 11) is 0. The Balaban J connectivity index is 1.28. The first-order valence-corrected chi connectivity index (χ1v) is 13.5. The van der Waals surface area contributed by atoms with Gasteiger partial charge in [-0.25, -0.2) is 18.6 Å². The fraction of sp³-hybridized carbons (Fsp3) is 0.357. The Bertz CT molecular complexity index is 1550. The lowest BCUT2D eigenvalue weighted by Gasteiger charge is -2.29. The Morgan fingerprint density at radius 3 is 2.50 bits per heavy atom. The van der Waals surface area contributed by atoms with E-state index >= 15 is 0 Å². The Morgan fingerprint density at radius 2 is 1.82 bits per heavy atom. The van der Waals surface area contributed by atoms with Crippen LogP contribution in [0.25, 0.3) is 16.7 Å². The van der Waals surface area contributed by atoms with Crippen LogP contribution >= 0.6 is 11.6 Å². The van der Waals surface area contributed by atoms with Gasteiger partial charge in [-0.15, -0.1) is 0 Å². The van der Waals surface area contributed by atoms with Crippen molar-refractivity contribution in [2.75, 3.05) is 18.5 Å². The lowest BCUT2D eigenvalue weighted by molar-refractivity contribution is 0.0904. The number of halogens is 3. The van der Waals surface area contributed by atoms with E-state index in [1.165, 1.54) is 6.07 Å². The number of alkyl halides is 2. The molecule has 3 N–H and O–H groups in total. The van der Waals surface area contributed by atoms with Crippen molar-refractivity contribution < 1.29 is 18.7 Å². The molecule has 4 aromatic rings. The van der Waals surface area contributed by atoms with Crippen molar-refractivity contribution >= 4 is 34.4 Å². The maximum atomic E-state index is 13.6. The summed E-state index contributed by atoms with van der Waals surface area (Å²) >= 11 is 5.89. The van der Waals surface area contributed by atoms with Crippen LogP contribution in [0.15, 0.2) is 59.7 Å². The first-order chi connectivity index (χ1) is 19.4. The van der Waals surface area contributed by atoms with Crippen LogP contribution in [-0.2, 0) is 6.54 Å². The molecule has 5 rings (SSSR count). The molecule has 0 radical (unpaired) electrons. The zero-order chi connectivity index (χ0) is 28.2. The minimum absolute atomic E-state index is 0.0102. The number of benzene rings is 1. The Labute approximate surface area is 233 Å². The predicted octanol–water partition coefficient (Wildman–Crippen LogP) is 4.57. The zero-order valence-corrected chi connectivity index (χ0v) is 22.3. The van der Waals surface area contributed by atoms with Crippen LogP contribution < -0.4 is 16.3 Å². The quantitative estimate of drug-likeness (QED) is 0.272. The Kier molecular flexibility index (Phi) is 8.41. The summed E-state index contributed by atoms with van der Waals surface area (Å²) in [6.45, 7) is 0.889. The van der Waals surface area contributed by atoms with Gasteiger partial charge in [-0.05, 0) is 61.9 Å². The molecular weight excluding hydrogens is 542 g/mol. The zero-order valence-electron chi connectivity index (χ0n) is 21.6. The molecule has 12 heteroatoms. The highest BCUT2D eigenvalue weighted by Crippen LogP contribution is 2.29. The van der Waals surface area contributed by atoms with Crippen LogP contribution in [0, 0.1) is 5.92 Å². The van der Waals surface area contributed by atoms with Gasteiger partial charge in [0.05, 0.1) is 40.1 Å². The molecule has 210 valence electrons. The average Bonchev–Trinajstić information content (AvgIpc) is 3.23. The molecule has 0 atom stereocenters. The first kappa shape index (κ1) is 27.7. The monoisotopic (exact) mass is 570 g/mol. The number of pyridine rings is 2. The number of aromatic nitrogens is 4. The largest absolute Gasteiger partial charge is 0.395 e. The van der Waals surface area contributed by atoms with Gasteiger partial charge >= 0.3 is 5.69 Å². The van der Waals surface area contributed by atoms with Crippen molar-refractivity contribution in [2.45, 2.75) is 44.7 Å². The Morgan fingerprint density at radius 1 is 1.07 bits per heavy atom. The second-order valence-electron chi connectivity index (χ2n) is 9.85. The van der Waals surface area contributed by atoms with E-state index in [0.29, 0.717) is 37.4 Å². The molecule has 0 saturated heterocycles. The van der Waals surface area contributed by atoms with E-state index in [2.05, 4.69) is 20.6 Å². The molecule has 3 heterocycles. The summed E-state index contributed by atoms with van der Waals surface area (Å²) in [6, 6.07) is 12.2. The summed E-state index contributed by atoms with van der Waals surface area (Å²) in [5, 5.41) is 15.0. The number of rotatable bonds is 9. The summed E-state index contributed by atoms with van der Waals surface area (Å²) < 4.78 is 30.1. The van der Waals surface area contributed by atoms with E-state index in [1.54, 1.807) is 21.4 Å². The van der Waals surface area contributed by atoms with E-state index in [0.717, 1.165) is 30.1 Å². The van der Waals surface area contributed by atoms with Gasteiger partial charge in [-0.2, -0.15) is 0 Å². The van der Waals surface area contributed by atoms with Crippen molar-refractivity contribution in [3.63, 3.8) is 0 Å². The number of nitrogens with zero attached hydrogens (tertiary/aromatic N) is 4. The third-order valence-corrected chi connectivity index (χ3v) is 7.43. The van der Waals surface area contributed by atoms with Gasteiger partial charge in [0.15, 0.2) is 0 Å². The van der Waals surface area contributed by atoms with Crippen molar-refractivity contribution in [3.05, 3.63) is 81.6 Å². The number of amides is 1. The van der Waals surface area contributed by atoms with Gasteiger partial charge in [-0.3, -0.25) is 18.9 Å². The topological polar surface area (TPSA) is 114 Å². The molecule has 1 aromatic carbocycles. The van der Waals surface area contributed by atoms with Gasteiger partial charge in [0.25, 0.3) is 12.3 Å². The molecule has 9 nitrogen and oxygen atoms in total. The maximum absolute atomic E-state index is 13.6. The highest BCUT2D eigenvalue weighted by atomic mass is 35.5. The third-order valence-electron chi connectivity index (χ3n) is 7.22. The molecule has 40 heavy (non-hydrogen) atoms. The number of carbonyl (C=O) groups is 1. The third kappa shape index (κ3) is 5.85. The number of hydrogen-bond donors (Lipinski definition) is 3. The minimum atomic E-state index is -2.88. The van der Waals surface area contributed by atoms with Crippen LogP contribution in [-0.4, -0.2) is 49.3 Å². The molecule has 1 aliphatic rings. The fourth-order valence-electron chi connectivity index (χ4n) is 5.26. The predicted molar refractivity (Wildman–Crippen MR) is 148 cm³/mol. The number of imidazole rings is 1. The number of fused-ring (bicyclic) bond motifs is 1. The van der Waals surface area contributed by atoms with Crippen LogP contribution in [0.1, 0.15) is 48.2 Å². The normalized spacial score (nSPS) is 17.3. The van der Waals surface area contributed by atoms with Crippen molar-refractivity contribution in [3.8, 4) is 5.69 Å². The second-order valence-corrected chi connectivity index (χ2v) is 10.3. The molecule has 1 aliphatic carbocycles. The summed E-state index contributed by atoms with van der Waals surface area (Å²) in [5.41, 5.74) is 1.27. The van der Waals surface area contributed by atoms with E-state index < -0.39 is 18.0 Å². The molecule has 0 unspecified atom stereocenters. The number of anilines is 1. The molecule has 1 amide bonds. The highest BCUT2D eigenvalue weighted by molar-refractivity contribution is 6.30. The number of aliphatic hydroxyl groups excluding tert-OH is 1. The van der Waals surface area contributed by atoms with Crippen LogP contribution in [0.4, 0.5) is 14.6 Å². The van der Waals surface area contributed by atoms with E-state index in [1.807, 2.05) is 30.3 Å². The Hall–Kier alpha value is -3.83. The molecule has 3 aromatic heterocycles. The SMILES string of the molecule is O=C(N[C@H]1CC[C@H](Cn2c(=O)n(-c3ccc(NCCO)nc3)c3ccccc32)CC1)c1cc(Cl)cnc1C(F)F.